The van der Waals surface area contributed by atoms with Gasteiger partial charge in [0.2, 0.25) is 0 Å². The maximum atomic E-state index is 12.5. The minimum absolute atomic E-state index is 0.168. The Balaban J connectivity index is 2.41. The number of nitro benzene ring substituents is 1. The molecule has 0 atom stereocenters. The van der Waals surface area contributed by atoms with Crippen molar-refractivity contribution in [3.63, 3.8) is 0 Å². The molecule has 1 N–H and O–H groups in total. The van der Waals surface area contributed by atoms with Crippen molar-refractivity contribution in [2.75, 3.05) is 11.8 Å². The third-order valence-electron chi connectivity index (χ3n) is 3.08. The molecule has 7 nitrogen and oxygen atoms in total. The molecule has 0 spiro atoms. The number of nitrogens with one attached hydrogen (secondary N) is 1. The molecule has 122 valence electrons. The summed E-state index contributed by atoms with van der Waals surface area (Å²) < 4.78 is 32.2. The van der Waals surface area contributed by atoms with Crippen LogP contribution >= 0.6 is 11.6 Å². The SMILES string of the molecule is COc1ccc(NS(=O)(=O)c2cc([N+](=O)[O-])ccc2C)cc1Cl. The van der Waals surface area contributed by atoms with Gasteiger partial charge in [-0.1, -0.05) is 17.7 Å². The van der Waals surface area contributed by atoms with Crippen molar-refractivity contribution in [1.29, 1.82) is 0 Å². The number of rotatable bonds is 5. The Bertz CT molecular complexity index is 867. The van der Waals surface area contributed by atoms with Crippen molar-refractivity contribution < 1.29 is 18.1 Å². The van der Waals surface area contributed by atoms with E-state index in [2.05, 4.69) is 4.72 Å². The average Bonchev–Trinajstić information content (AvgIpc) is 2.47. The Labute approximate surface area is 138 Å². The van der Waals surface area contributed by atoms with Crippen LogP contribution in [0.25, 0.3) is 0 Å². The average molecular weight is 357 g/mol. The maximum absolute atomic E-state index is 12.5. The van der Waals surface area contributed by atoms with E-state index in [4.69, 9.17) is 16.3 Å². The van der Waals surface area contributed by atoms with Crippen LogP contribution < -0.4 is 9.46 Å². The molecule has 0 unspecified atom stereocenters. The molecular weight excluding hydrogens is 344 g/mol. The van der Waals surface area contributed by atoms with Crippen molar-refractivity contribution in [3.05, 3.63) is 57.1 Å². The third kappa shape index (κ3) is 3.72. The molecule has 0 radical (unpaired) electrons. The van der Waals surface area contributed by atoms with E-state index in [0.29, 0.717) is 11.3 Å². The Morgan fingerprint density at radius 1 is 1.22 bits per heavy atom. The number of hydrogen-bond acceptors (Lipinski definition) is 5. The van der Waals surface area contributed by atoms with Crippen LogP contribution in [-0.4, -0.2) is 20.5 Å². The summed E-state index contributed by atoms with van der Waals surface area (Å²) in [4.78, 5) is 10.0. The van der Waals surface area contributed by atoms with E-state index < -0.39 is 14.9 Å². The molecule has 0 aliphatic rings. The Morgan fingerprint density at radius 3 is 2.48 bits per heavy atom. The summed E-state index contributed by atoms with van der Waals surface area (Å²) in [5.41, 5.74) is 0.313. The highest BCUT2D eigenvalue weighted by Crippen LogP contribution is 2.29. The van der Waals surface area contributed by atoms with E-state index in [9.17, 15) is 18.5 Å². The van der Waals surface area contributed by atoms with Gasteiger partial charge in [0.15, 0.2) is 0 Å². The second-order valence-electron chi connectivity index (χ2n) is 4.66. The minimum Gasteiger partial charge on any atom is -0.495 e. The van der Waals surface area contributed by atoms with Crippen LogP contribution in [0.15, 0.2) is 41.3 Å². The summed E-state index contributed by atoms with van der Waals surface area (Å²) in [7, 11) is -2.55. The van der Waals surface area contributed by atoms with E-state index in [0.717, 1.165) is 6.07 Å². The first-order chi connectivity index (χ1) is 10.7. The van der Waals surface area contributed by atoms with Crippen molar-refractivity contribution in [1.82, 2.24) is 0 Å². The summed E-state index contributed by atoms with van der Waals surface area (Å²) in [6, 6.07) is 8.04. The van der Waals surface area contributed by atoms with Crippen LogP contribution in [0.3, 0.4) is 0 Å². The summed E-state index contributed by atoms with van der Waals surface area (Å²) in [6.07, 6.45) is 0. The van der Waals surface area contributed by atoms with E-state index >= 15 is 0 Å². The number of ether oxygens (including phenoxy) is 1. The second-order valence-corrected chi connectivity index (χ2v) is 6.72. The highest BCUT2D eigenvalue weighted by molar-refractivity contribution is 7.92. The predicted octanol–water partition coefficient (Wildman–Crippen LogP) is 3.37. The molecular formula is C14H13ClN2O5S. The molecule has 0 aliphatic heterocycles. The lowest BCUT2D eigenvalue weighted by Gasteiger charge is -2.11. The first kappa shape index (κ1) is 17.0. The van der Waals surface area contributed by atoms with Gasteiger partial charge in [0.25, 0.3) is 15.7 Å². The zero-order valence-electron chi connectivity index (χ0n) is 12.2. The molecule has 2 rings (SSSR count). The number of benzene rings is 2. The van der Waals surface area contributed by atoms with E-state index in [1.165, 1.54) is 37.4 Å². The highest BCUT2D eigenvalue weighted by Gasteiger charge is 2.21. The standard InChI is InChI=1S/C14H13ClN2O5S/c1-9-3-5-11(17(18)19)8-14(9)23(20,21)16-10-4-6-13(22-2)12(15)7-10/h3-8,16H,1-2H3. The van der Waals surface area contributed by atoms with E-state index in [-0.39, 0.29) is 21.3 Å². The van der Waals surface area contributed by atoms with Crippen LogP contribution in [0.4, 0.5) is 11.4 Å². The number of aryl methyl sites for hydroxylation is 1. The molecule has 2 aromatic rings. The number of nitro groups is 1. The molecule has 0 fully saturated rings. The summed E-state index contributed by atoms with van der Waals surface area (Å²) in [5.74, 6) is 0.404. The number of non-ortho nitro benzene ring substituents is 1. The van der Waals surface area contributed by atoms with Gasteiger partial charge in [-0.05, 0) is 30.7 Å². The monoisotopic (exact) mass is 356 g/mol. The molecule has 0 bridgehead atoms. The number of sulfonamides is 1. The highest BCUT2D eigenvalue weighted by atomic mass is 35.5. The number of hydrogen-bond donors (Lipinski definition) is 1. The van der Waals surface area contributed by atoms with Crippen LogP contribution in [0.1, 0.15) is 5.56 Å². The van der Waals surface area contributed by atoms with Gasteiger partial charge in [-0.2, -0.15) is 0 Å². The maximum Gasteiger partial charge on any atom is 0.270 e. The van der Waals surface area contributed by atoms with Crippen LogP contribution in [-0.2, 0) is 10.0 Å². The number of halogens is 1. The van der Waals surface area contributed by atoms with Gasteiger partial charge < -0.3 is 4.74 Å². The van der Waals surface area contributed by atoms with Gasteiger partial charge in [-0.15, -0.1) is 0 Å². The van der Waals surface area contributed by atoms with Gasteiger partial charge in [-0.3, -0.25) is 14.8 Å². The predicted molar refractivity (Wildman–Crippen MR) is 86.6 cm³/mol. The van der Waals surface area contributed by atoms with Crippen molar-refractivity contribution >= 4 is 33.0 Å². The molecule has 9 heteroatoms. The van der Waals surface area contributed by atoms with Gasteiger partial charge >= 0.3 is 0 Å². The molecule has 23 heavy (non-hydrogen) atoms. The molecule has 0 saturated carbocycles. The first-order valence-corrected chi connectivity index (χ1v) is 8.22. The zero-order chi connectivity index (χ0) is 17.2. The minimum atomic E-state index is -3.99. The van der Waals surface area contributed by atoms with Crippen molar-refractivity contribution in [2.45, 2.75) is 11.8 Å². The molecule has 2 aromatic carbocycles. The molecule has 0 amide bonds. The quantitative estimate of drug-likeness (QED) is 0.654. The van der Waals surface area contributed by atoms with Crippen LogP contribution in [0.2, 0.25) is 5.02 Å². The summed E-state index contributed by atoms with van der Waals surface area (Å²) in [6.45, 7) is 1.55. The lowest BCUT2D eigenvalue weighted by molar-refractivity contribution is -0.385. The fraction of sp³-hybridized carbons (Fsp3) is 0.143. The van der Waals surface area contributed by atoms with Crippen LogP contribution in [0, 0.1) is 17.0 Å². The Hall–Kier alpha value is -2.32. The lowest BCUT2D eigenvalue weighted by Crippen LogP contribution is -2.14. The smallest absolute Gasteiger partial charge is 0.270 e. The largest absolute Gasteiger partial charge is 0.495 e. The molecule has 0 heterocycles. The first-order valence-electron chi connectivity index (χ1n) is 6.36. The third-order valence-corrected chi connectivity index (χ3v) is 4.89. The van der Waals surface area contributed by atoms with E-state index in [1.54, 1.807) is 6.92 Å². The fourth-order valence-electron chi connectivity index (χ4n) is 1.93. The van der Waals surface area contributed by atoms with Crippen molar-refractivity contribution in [3.8, 4) is 5.75 Å². The summed E-state index contributed by atoms with van der Waals surface area (Å²) in [5, 5.41) is 11.1. The van der Waals surface area contributed by atoms with Crippen molar-refractivity contribution in [2.24, 2.45) is 0 Å². The van der Waals surface area contributed by atoms with Gasteiger partial charge in [0, 0.05) is 12.1 Å². The van der Waals surface area contributed by atoms with E-state index in [1.807, 2.05) is 0 Å². The number of methoxy groups -OCH3 is 1. The van der Waals surface area contributed by atoms with Crippen LogP contribution in [0.5, 0.6) is 5.75 Å². The second kappa shape index (κ2) is 6.43. The Morgan fingerprint density at radius 2 is 1.91 bits per heavy atom. The topological polar surface area (TPSA) is 98.5 Å². The van der Waals surface area contributed by atoms with Gasteiger partial charge in [-0.25, -0.2) is 8.42 Å². The molecule has 0 saturated heterocycles. The fourth-order valence-corrected chi connectivity index (χ4v) is 3.50. The zero-order valence-corrected chi connectivity index (χ0v) is 13.8. The lowest BCUT2D eigenvalue weighted by atomic mass is 10.2. The molecule has 0 aromatic heterocycles. The molecule has 0 aliphatic carbocycles. The Kier molecular flexibility index (Phi) is 4.76. The number of anilines is 1. The van der Waals surface area contributed by atoms with Gasteiger partial charge in [0.05, 0.1) is 27.6 Å². The number of nitrogens with zero attached hydrogens (tertiary/aromatic N) is 1. The summed E-state index contributed by atoms with van der Waals surface area (Å²) >= 11 is 5.95. The van der Waals surface area contributed by atoms with Gasteiger partial charge in [0.1, 0.15) is 5.75 Å². The normalized spacial score (nSPS) is 11.1.